The highest BCUT2D eigenvalue weighted by Crippen LogP contribution is 2.30. The predicted octanol–water partition coefficient (Wildman–Crippen LogP) is 3.50. The van der Waals surface area contributed by atoms with Crippen LogP contribution in [0.1, 0.15) is 49.4 Å². The summed E-state index contributed by atoms with van der Waals surface area (Å²) in [6.45, 7) is 3.26. The van der Waals surface area contributed by atoms with E-state index < -0.39 is 0 Å². The second kappa shape index (κ2) is 7.27. The van der Waals surface area contributed by atoms with Crippen LogP contribution in [-0.4, -0.2) is 24.6 Å². The largest absolute Gasteiger partial charge is 0.465 e. The zero-order chi connectivity index (χ0) is 14.4. The maximum atomic E-state index is 11.4. The SMILES string of the molecule is COC(=O)c1ccnc(NCCC2CCCC(C)C2)c1. The Morgan fingerprint density at radius 3 is 3.10 bits per heavy atom. The highest BCUT2D eigenvalue weighted by atomic mass is 16.5. The summed E-state index contributed by atoms with van der Waals surface area (Å²) in [7, 11) is 1.39. The van der Waals surface area contributed by atoms with E-state index >= 15 is 0 Å². The van der Waals surface area contributed by atoms with Crippen LogP contribution < -0.4 is 5.32 Å². The number of rotatable bonds is 5. The average Bonchev–Trinajstić information content (AvgIpc) is 2.47. The van der Waals surface area contributed by atoms with E-state index in [-0.39, 0.29) is 5.97 Å². The van der Waals surface area contributed by atoms with Gasteiger partial charge in [0, 0.05) is 12.7 Å². The number of pyridine rings is 1. The van der Waals surface area contributed by atoms with Crippen LogP contribution in [0.3, 0.4) is 0 Å². The molecule has 1 saturated carbocycles. The standard InChI is InChI=1S/C16H24N2O2/c1-12-4-3-5-13(10-12)6-8-17-15-11-14(7-9-18-15)16(19)20-2/h7,9,11-13H,3-6,8,10H2,1-2H3,(H,17,18). The third-order valence-corrected chi connectivity index (χ3v) is 4.08. The smallest absolute Gasteiger partial charge is 0.338 e. The van der Waals surface area contributed by atoms with Crippen LogP contribution in [0.25, 0.3) is 0 Å². The topological polar surface area (TPSA) is 51.2 Å². The molecule has 1 heterocycles. The Bertz CT molecular complexity index is 448. The molecule has 0 aliphatic heterocycles. The molecule has 1 aromatic heterocycles. The molecule has 1 fully saturated rings. The van der Waals surface area contributed by atoms with Crippen molar-refractivity contribution < 1.29 is 9.53 Å². The van der Waals surface area contributed by atoms with E-state index in [1.165, 1.54) is 39.2 Å². The Morgan fingerprint density at radius 1 is 1.50 bits per heavy atom. The highest BCUT2D eigenvalue weighted by Gasteiger charge is 2.18. The molecule has 110 valence electrons. The van der Waals surface area contributed by atoms with Crippen molar-refractivity contribution in [2.24, 2.45) is 11.8 Å². The molecule has 1 aliphatic rings. The number of anilines is 1. The first-order chi connectivity index (χ1) is 9.69. The van der Waals surface area contributed by atoms with Crippen LogP contribution in [0.5, 0.6) is 0 Å². The molecule has 0 bridgehead atoms. The number of aromatic nitrogens is 1. The summed E-state index contributed by atoms with van der Waals surface area (Å²) in [4.78, 5) is 15.7. The summed E-state index contributed by atoms with van der Waals surface area (Å²) in [5.41, 5.74) is 0.538. The number of nitrogens with zero attached hydrogens (tertiary/aromatic N) is 1. The molecule has 1 aliphatic carbocycles. The van der Waals surface area contributed by atoms with Crippen LogP contribution in [0.15, 0.2) is 18.3 Å². The summed E-state index contributed by atoms with van der Waals surface area (Å²) >= 11 is 0. The lowest BCUT2D eigenvalue weighted by Gasteiger charge is -2.26. The van der Waals surface area contributed by atoms with Gasteiger partial charge in [-0.3, -0.25) is 0 Å². The monoisotopic (exact) mass is 276 g/mol. The van der Waals surface area contributed by atoms with Crippen LogP contribution in [-0.2, 0) is 4.74 Å². The molecule has 4 heteroatoms. The normalized spacial score (nSPS) is 22.3. The van der Waals surface area contributed by atoms with Crippen molar-refractivity contribution in [3.63, 3.8) is 0 Å². The van der Waals surface area contributed by atoms with Crippen LogP contribution in [0.4, 0.5) is 5.82 Å². The van der Waals surface area contributed by atoms with E-state index in [0.717, 1.165) is 24.2 Å². The van der Waals surface area contributed by atoms with Gasteiger partial charge in [-0.2, -0.15) is 0 Å². The van der Waals surface area contributed by atoms with Gasteiger partial charge in [0.2, 0.25) is 0 Å². The Kier molecular flexibility index (Phi) is 5.39. The average molecular weight is 276 g/mol. The van der Waals surface area contributed by atoms with Gasteiger partial charge in [-0.25, -0.2) is 9.78 Å². The fourth-order valence-corrected chi connectivity index (χ4v) is 3.00. The maximum Gasteiger partial charge on any atom is 0.338 e. The second-order valence-electron chi connectivity index (χ2n) is 5.77. The summed E-state index contributed by atoms with van der Waals surface area (Å²) < 4.78 is 4.71. The molecule has 0 spiro atoms. The lowest BCUT2D eigenvalue weighted by molar-refractivity contribution is 0.0600. The van der Waals surface area contributed by atoms with Gasteiger partial charge in [0.05, 0.1) is 12.7 Å². The van der Waals surface area contributed by atoms with Crippen LogP contribution in [0.2, 0.25) is 0 Å². The first-order valence-electron chi connectivity index (χ1n) is 7.47. The van der Waals surface area contributed by atoms with Crippen molar-refractivity contribution >= 4 is 11.8 Å². The molecule has 0 aromatic carbocycles. The minimum Gasteiger partial charge on any atom is -0.465 e. The van der Waals surface area contributed by atoms with Gasteiger partial charge in [-0.15, -0.1) is 0 Å². The van der Waals surface area contributed by atoms with Crippen LogP contribution in [0, 0.1) is 11.8 Å². The van der Waals surface area contributed by atoms with Gasteiger partial charge in [-0.1, -0.05) is 26.2 Å². The zero-order valence-electron chi connectivity index (χ0n) is 12.4. The summed E-state index contributed by atoms with van der Waals surface area (Å²) in [5.74, 6) is 2.12. The van der Waals surface area contributed by atoms with E-state index in [1.54, 1.807) is 18.3 Å². The van der Waals surface area contributed by atoms with Gasteiger partial charge in [-0.05, 0) is 36.8 Å². The molecule has 2 rings (SSSR count). The number of hydrogen-bond donors (Lipinski definition) is 1. The number of esters is 1. The molecule has 0 amide bonds. The lowest BCUT2D eigenvalue weighted by atomic mass is 9.81. The molecular formula is C16H24N2O2. The molecule has 20 heavy (non-hydrogen) atoms. The van der Waals surface area contributed by atoms with Gasteiger partial charge in [0.1, 0.15) is 5.82 Å². The minimum absolute atomic E-state index is 0.323. The minimum atomic E-state index is -0.323. The maximum absolute atomic E-state index is 11.4. The molecule has 0 radical (unpaired) electrons. The van der Waals surface area contributed by atoms with Crippen molar-refractivity contribution in [3.05, 3.63) is 23.9 Å². The first kappa shape index (κ1) is 14.8. The fourth-order valence-electron chi connectivity index (χ4n) is 3.00. The van der Waals surface area contributed by atoms with Crippen molar-refractivity contribution in [1.82, 2.24) is 4.98 Å². The van der Waals surface area contributed by atoms with Crippen molar-refractivity contribution in [2.75, 3.05) is 19.0 Å². The van der Waals surface area contributed by atoms with Gasteiger partial charge in [0.15, 0.2) is 0 Å². The Balaban J connectivity index is 1.80. The molecule has 2 atom stereocenters. The zero-order valence-corrected chi connectivity index (χ0v) is 12.4. The highest BCUT2D eigenvalue weighted by molar-refractivity contribution is 5.89. The Morgan fingerprint density at radius 2 is 2.35 bits per heavy atom. The van der Waals surface area contributed by atoms with E-state index in [0.29, 0.717) is 5.56 Å². The molecular weight excluding hydrogens is 252 g/mol. The lowest BCUT2D eigenvalue weighted by Crippen LogP contribution is -2.17. The fraction of sp³-hybridized carbons (Fsp3) is 0.625. The second-order valence-corrected chi connectivity index (χ2v) is 5.77. The van der Waals surface area contributed by atoms with E-state index in [4.69, 9.17) is 4.74 Å². The quantitative estimate of drug-likeness (QED) is 0.836. The molecule has 1 N–H and O–H groups in total. The Hall–Kier alpha value is -1.58. The van der Waals surface area contributed by atoms with Gasteiger partial charge in [0.25, 0.3) is 0 Å². The number of carbonyl (C=O) groups is 1. The third kappa shape index (κ3) is 4.22. The van der Waals surface area contributed by atoms with E-state index in [1.807, 2.05) is 0 Å². The van der Waals surface area contributed by atoms with Crippen molar-refractivity contribution in [3.8, 4) is 0 Å². The summed E-state index contributed by atoms with van der Waals surface area (Å²) in [5, 5.41) is 3.31. The third-order valence-electron chi connectivity index (χ3n) is 4.08. The van der Waals surface area contributed by atoms with Crippen molar-refractivity contribution in [1.29, 1.82) is 0 Å². The predicted molar refractivity (Wildman–Crippen MR) is 79.8 cm³/mol. The van der Waals surface area contributed by atoms with E-state index in [2.05, 4.69) is 17.2 Å². The molecule has 4 nitrogen and oxygen atoms in total. The number of hydrogen-bond acceptors (Lipinski definition) is 4. The molecule has 2 unspecified atom stereocenters. The Labute approximate surface area is 120 Å². The number of carbonyl (C=O) groups excluding carboxylic acids is 1. The number of nitrogens with one attached hydrogen (secondary N) is 1. The van der Waals surface area contributed by atoms with Gasteiger partial charge >= 0.3 is 5.97 Å². The number of ether oxygens (including phenoxy) is 1. The van der Waals surface area contributed by atoms with Crippen molar-refractivity contribution in [2.45, 2.75) is 39.0 Å². The van der Waals surface area contributed by atoms with E-state index in [9.17, 15) is 4.79 Å². The first-order valence-corrected chi connectivity index (χ1v) is 7.47. The van der Waals surface area contributed by atoms with Gasteiger partial charge < -0.3 is 10.1 Å². The molecule has 1 aromatic rings. The summed E-state index contributed by atoms with van der Waals surface area (Å²) in [6, 6.07) is 3.41. The number of methoxy groups -OCH3 is 1. The molecule has 0 saturated heterocycles. The summed E-state index contributed by atoms with van der Waals surface area (Å²) in [6.07, 6.45) is 8.25. The van der Waals surface area contributed by atoms with Crippen LogP contribution >= 0.6 is 0 Å².